The fourth-order valence-corrected chi connectivity index (χ4v) is 2.90. The van der Waals surface area contributed by atoms with Crippen LogP contribution in [-0.4, -0.2) is 59.4 Å². The van der Waals surface area contributed by atoms with E-state index in [0.29, 0.717) is 18.7 Å². The van der Waals surface area contributed by atoms with E-state index in [1.165, 1.54) is 12.1 Å². The Balaban J connectivity index is 0.000000311. The average molecular weight is 418 g/mol. The zero-order chi connectivity index (χ0) is 22.7. The number of phenolic OH excluding ortho intramolecular Hbond substituents is 2. The minimum absolute atomic E-state index is 0.0612. The fourth-order valence-electron chi connectivity index (χ4n) is 2.90. The third-order valence-electron chi connectivity index (χ3n) is 4.79. The van der Waals surface area contributed by atoms with Gasteiger partial charge in [0.15, 0.2) is 11.5 Å². The Morgan fingerprint density at radius 1 is 1.03 bits per heavy atom. The van der Waals surface area contributed by atoms with E-state index in [1.54, 1.807) is 13.1 Å². The summed E-state index contributed by atoms with van der Waals surface area (Å²) >= 11 is 0. The van der Waals surface area contributed by atoms with Crippen LogP contribution in [0.1, 0.15) is 36.6 Å². The molecular weight excluding hydrogens is 382 g/mol. The van der Waals surface area contributed by atoms with Gasteiger partial charge in [0.1, 0.15) is 0 Å². The maximum atomic E-state index is 11.9. The highest BCUT2D eigenvalue weighted by molar-refractivity contribution is 5.93. The number of nitrogens with one attached hydrogen (secondary N) is 2. The fraction of sp³-hybridized carbons (Fsp3) is 0.435. The molecule has 5 N–H and O–H groups in total. The van der Waals surface area contributed by atoms with Crippen molar-refractivity contribution in [2.45, 2.75) is 33.8 Å². The Hall–Kier alpha value is -2.61. The van der Waals surface area contributed by atoms with Gasteiger partial charge in [-0.2, -0.15) is 0 Å². The summed E-state index contributed by atoms with van der Waals surface area (Å²) in [5, 5.41) is 33.4. The van der Waals surface area contributed by atoms with Crippen LogP contribution in [0.3, 0.4) is 0 Å². The van der Waals surface area contributed by atoms with E-state index in [-0.39, 0.29) is 17.4 Å². The molecule has 0 saturated heterocycles. The molecule has 0 saturated carbocycles. The first-order valence-corrected chi connectivity index (χ1v) is 10.2. The van der Waals surface area contributed by atoms with E-state index in [9.17, 15) is 9.90 Å². The molecule has 2 rings (SSSR count). The van der Waals surface area contributed by atoms with E-state index in [4.69, 9.17) is 10.2 Å². The normalized spacial score (nSPS) is 11.6. The second-order valence-electron chi connectivity index (χ2n) is 7.10. The molecule has 166 valence electrons. The van der Waals surface area contributed by atoms with Crippen LogP contribution in [0.15, 0.2) is 36.4 Å². The van der Waals surface area contributed by atoms with Crippen LogP contribution >= 0.6 is 0 Å². The van der Waals surface area contributed by atoms with Crippen molar-refractivity contribution in [3.05, 3.63) is 53.1 Å². The van der Waals surface area contributed by atoms with Crippen molar-refractivity contribution in [2.75, 3.05) is 38.5 Å². The Morgan fingerprint density at radius 3 is 2.13 bits per heavy atom. The summed E-state index contributed by atoms with van der Waals surface area (Å²) in [5.41, 5.74) is 3.74. The number of aryl methyl sites for hydroxylation is 2. The molecule has 1 amide bonds. The summed E-state index contributed by atoms with van der Waals surface area (Å²) in [6.45, 7) is 10.8. The summed E-state index contributed by atoms with van der Waals surface area (Å²) in [5.74, 6) is -0.334. The molecule has 0 spiro atoms. The van der Waals surface area contributed by atoms with Gasteiger partial charge in [-0.25, -0.2) is 0 Å². The highest BCUT2D eigenvalue weighted by Gasteiger charge is 2.10. The lowest BCUT2D eigenvalue weighted by atomic mass is 10.1. The van der Waals surface area contributed by atoms with Gasteiger partial charge in [-0.15, -0.1) is 0 Å². The molecule has 0 aliphatic carbocycles. The molecule has 7 heteroatoms. The number of anilines is 1. The van der Waals surface area contributed by atoms with Gasteiger partial charge in [-0.1, -0.05) is 38.1 Å². The number of para-hydroxylation sites is 1. The predicted octanol–water partition coefficient (Wildman–Crippen LogP) is 2.93. The smallest absolute Gasteiger partial charge is 0.238 e. The van der Waals surface area contributed by atoms with Gasteiger partial charge in [0, 0.05) is 12.2 Å². The number of aromatic hydroxyl groups is 2. The van der Waals surface area contributed by atoms with Crippen LogP contribution in [0.4, 0.5) is 5.69 Å². The topological polar surface area (TPSA) is 105 Å². The quantitative estimate of drug-likeness (QED) is 0.423. The van der Waals surface area contributed by atoms with Crippen LogP contribution in [0.5, 0.6) is 11.5 Å². The highest BCUT2D eigenvalue weighted by atomic mass is 16.3. The molecule has 0 aromatic heterocycles. The van der Waals surface area contributed by atoms with Crippen molar-refractivity contribution < 1.29 is 20.1 Å². The SMILES string of the molecule is CCN(CC)CC(=O)Nc1c(C)cccc1C.CNC[C@H](O)c1ccc(O)c(O)c1. The number of benzene rings is 2. The van der Waals surface area contributed by atoms with Crippen LogP contribution in [0.2, 0.25) is 0 Å². The first-order valence-electron chi connectivity index (χ1n) is 10.2. The van der Waals surface area contributed by atoms with Crippen molar-refractivity contribution in [1.82, 2.24) is 10.2 Å². The highest BCUT2D eigenvalue weighted by Crippen LogP contribution is 2.27. The number of carbonyl (C=O) groups is 1. The van der Waals surface area contributed by atoms with E-state index in [1.807, 2.05) is 32.0 Å². The van der Waals surface area contributed by atoms with Crippen LogP contribution in [-0.2, 0) is 4.79 Å². The first-order chi connectivity index (χ1) is 14.2. The van der Waals surface area contributed by atoms with Gasteiger partial charge < -0.3 is 26.0 Å². The zero-order valence-corrected chi connectivity index (χ0v) is 18.6. The molecule has 2 aromatic carbocycles. The molecule has 0 aliphatic heterocycles. The molecule has 0 unspecified atom stereocenters. The number of aliphatic hydroxyl groups is 1. The molecule has 7 nitrogen and oxygen atoms in total. The molecule has 0 radical (unpaired) electrons. The number of likely N-dealkylation sites (N-methyl/N-ethyl adjacent to an activating group) is 2. The lowest BCUT2D eigenvalue weighted by Crippen LogP contribution is -2.33. The number of hydrogen-bond acceptors (Lipinski definition) is 6. The first kappa shape index (κ1) is 25.4. The van der Waals surface area contributed by atoms with Crippen LogP contribution < -0.4 is 10.6 Å². The maximum absolute atomic E-state index is 11.9. The molecule has 0 fully saturated rings. The molecule has 0 heterocycles. The number of nitrogens with zero attached hydrogens (tertiary/aromatic N) is 1. The van der Waals surface area contributed by atoms with Gasteiger partial charge >= 0.3 is 0 Å². The second kappa shape index (κ2) is 12.8. The molecule has 30 heavy (non-hydrogen) atoms. The number of aliphatic hydroxyl groups excluding tert-OH is 1. The summed E-state index contributed by atoms with van der Waals surface area (Å²) < 4.78 is 0. The Kier molecular flexibility index (Phi) is 10.9. The molecule has 0 bridgehead atoms. The number of rotatable bonds is 8. The van der Waals surface area contributed by atoms with Gasteiger partial charge in [-0.3, -0.25) is 9.69 Å². The second-order valence-corrected chi connectivity index (χ2v) is 7.10. The standard InChI is InChI=1S/C14H22N2O.C9H13NO3/c1-5-16(6-2)10-13(17)15-14-11(3)8-7-9-12(14)4;1-10-5-9(13)6-2-3-7(11)8(12)4-6/h7-9H,5-6,10H2,1-4H3,(H,15,17);2-4,9-13H,5H2,1H3/t;9-/m.0/s1. The van der Waals surface area contributed by atoms with Crippen LogP contribution in [0.25, 0.3) is 0 Å². The van der Waals surface area contributed by atoms with E-state index in [0.717, 1.165) is 29.9 Å². The van der Waals surface area contributed by atoms with Gasteiger partial charge in [0.25, 0.3) is 0 Å². The Labute approximate surface area is 179 Å². The predicted molar refractivity (Wildman–Crippen MR) is 121 cm³/mol. The maximum Gasteiger partial charge on any atom is 0.238 e. The van der Waals surface area contributed by atoms with Crippen molar-refractivity contribution in [3.8, 4) is 11.5 Å². The Morgan fingerprint density at radius 2 is 1.63 bits per heavy atom. The van der Waals surface area contributed by atoms with Gasteiger partial charge in [0.2, 0.25) is 5.91 Å². The number of amides is 1. The van der Waals surface area contributed by atoms with Crippen molar-refractivity contribution in [1.29, 1.82) is 0 Å². The van der Waals surface area contributed by atoms with Crippen molar-refractivity contribution in [3.63, 3.8) is 0 Å². The summed E-state index contributed by atoms with van der Waals surface area (Å²) in [6.07, 6.45) is -0.670. The van der Waals surface area contributed by atoms with E-state index >= 15 is 0 Å². The molecule has 1 atom stereocenters. The van der Waals surface area contributed by atoms with E-state index < -0.39 is 6.10 Å². The molecule has 0 aliphatic rings. The lowest BCUT2D eigenvalue weighted by Gasteiger charge is -2.18. The molecule has 2 aromatic rings. The Bertz CT molecular complexity index is 787. The summed E-state index contributed by atoms with van der Waals surface area (Å²) in [7, 11) is 1.73. The third kappa shape index (κ3) is 8.02. The van der Waals surface area contributed by atoms with Crippen LogP contribution in [0, 0.1) is 13.8 Å². The largest absolute Gasteiger partial charge is 0.504 e. The number of phenols is 2. The number of carbonyl (C=O) groups excluding carboxylic acids is 1. The minimum Gasteiger partial charge on any atom is -0.504 e. The van der Waals surface area contributed by atoms with Gasteiger partial charge in [-0.05, 0) is 62.8 Å². The molecular formula is C23H35N3O4. The number of hydrogen-bond donors (Lipinski definition) is 5. The van der Waals surface area contributed by atoms with E-state index in [2.05, 4.69) is 29.4 Å². The summed E-state index contributed by atoms with van der Waals surface area (Å²) in [6, 6.07) is 10.3. The van der Waals surface area contributed by atoms with Gasteiger partial charge in [0.05, 0.1) is 12.6 Å². The lowest BCUT2D eigenvalue weighted by molar-refractivity contribution is -0.117. The third-order valence-corrected chi connectivity index (χ3v) is 4.79. The summed E-state index contributed by atoms with van der Waals surface area (Å²) in [4.78, 5) is 14.0. The zero-order valence-electron chi connectivity index (χ0n) is 18.6. The van der Waals surface area contributed by atoms with Crippen molar-refractivity contribution >= 4 is 11.6 Å². The minimum atomic E-state index is -0.670. The average Bonchev–Trinajstić information content (AvgIpc) is 2.71. The van der Waals surface area contributed by atoms with Crippen molar-refractivity contribution in [2.24, 2.45) is 0 Å². The monoisotopic (exact) mass is 417 g/mol.